The van der Waals surface area contributed by atoms with Crippen molar-refractivity contribution in [3.63, 3.8) is 0 Å². The van der Waals surface area contributed by atoms with Crippen LogP contribution in [-0.4, -0.2) is 37.2 Å². The molecule has 0 bridgehead atoms. The van der Waals surface area contributed by atoms with Crippen molar-refractivity contribution < 1.29 is 28.6 Å². The molecule has 1 atom stereocenters. The molecular weight excluding hydrogens is 829 g/mol. The summed E-state index contributed by atoms with van der Waals surface area (Å²) >= 11 is 0. The van der Waals surface area contributed by atoms with Gasteiger partial charge in [-0.3, -0.25) is 14.4 Å². The maximum Gasteiger partial charge on any atom is 0.306 e. The van der Waals surface area contributed by atoms with Crippen LogP contribution in [0.1, 0.15) is 303 Å². The van der Waals surface area contributed by atoms with Gasteiger partial charge in [-0.25, -0.2) is 0 Å². The summed E-state index contributed by atoms with van der Waals surface area (Å²) in [6.45, 7) is 6.58. The van der Waals surface area contributed by atoms with E-state index in [-0.39, 0.29) is 31.1 Å². The number of carbonyl (C=O) groups excluding carboxylic acids is 3. The Bertz CT molecular complexity index is 1170. The predicted molar refractivity (Wildman–Crippen MR) is 289 cm³/mol. The highest BCUT2D eigenvalue weighted by Crippen LogP contribution is 2.16. The van der Waals surface area contributed by atoms with Crippen LogP contribution in [0.5, 0.6) is 0 Å². The molecule has 6 nitrogen and oxygen atoms in total. The largest absolute Gasteiger partial charge is 0.462 e. The smallest absolute Gasteiger partial charge is 0.306 e. The zero-order valence-electron chi connectivity index (χ0n) is 44.7. The minimum atomic E-state index is -0.773. The molecule has 0 rings (SSSR count). The third-order valence-corrected chi connectivity index (χ3v) is 12.8. The van der Waals surface area contributed by atoms with E-state index >= 15 is 0 Å². The van der Waals surface area contributed by atoms with Gasteiger partial charge in [0.1, 0.15) is 13.2 Å². The summed E-state index contributed by atoms with van der Waals surface area (Å²) in [5.74, 6) is -0.875. The maximum absolute atomic E-state index is 12.8. The summed E-state index contributed by atoms with van der Waals surface area (Å²) in [5.41, 5.74) is 0. The Labute approximate surface area is 416 Å². The van der Waals surface area contributed by atoms with Gasteiger partial charge in [-0.1, -0.05) is 256 Å². The second kappa shape index (κ2) is 56.0. The fourth-order valence-corrected chi connectivity index (χ4v) is 8.39. The third-order valence-electron chi connectivity index (χ3n) is 12.8. The summed E-state index contributed by atoms with van der Waals surface area (Å²) < 4.78 is 16.8. The Morgan fingerprint density at radius 1 is 0.299 bits per heavy atom. The number of ether oxygens (including phenoxy) is 3. The second-order valence-electron chi connectivity index (χ2n) is 19.6. The SMILES string of the molecule is CCC/C=C\CCCCCCCC(=O)OCC(COC(=O)CCCCCCCCCCCCCC/C=C\C/C=C\C/C=C\CCCCCCC)OC(=O)CCCCCCCCCCCCCC. The van der Waals surface area contributed by atoms with Gasteiger partial charge in [-0.15, -0.1) is 0 Å². The van der Waals surface area contributed by atoms with E-state index in [9.17, 15) is 14.4 Å². The zero-order chi connectivity index (χ0) is 48.6. The summed E-state index contributed by atoms with van der Waals surface area (Å²) in [7, 11) is 0. The van der Waals surface area contributed by atoms with Crippen molar-refractivity contribution in [2.24, 2.45) is 0 Å². The molecule has 0 spiro atoms. The molecule has 0 aliphatic heterocycles. The minimum absolute atomic E-state index is 0.0737. The number of hydrogen-bond acceptors (Lipinski definition) is 6. The lowest BCUT2D eigenvalue weighted by Crippen LogP contribution is -2.30. The average Bonchev–Trinajstić information content (AvgIpc) is 3.33. The first-order valence-electron chi connectivity index (χ1n) is 29.1. The standard InChI is InChI=1S/C61H110O6/c1-4-7-10-13-16-19-22-24-25-26-27-28-29-30-31-32-33-34-35-36-37-38-40-42-45-48-51-54-60(63)66-57-58(56-65-59(62)53-50-47-44-41-21-18-15-12-9-6-3)67-61(64)55-52-49-46-43-39-23-20-17-14-11-8-5-2/h12,15,22,24,26-27,29-30,58H,4-11,13-14,16-21,23,25,28,31-57H2,1-3H3/b15-12-,24-22-,27-26-,30-29-. The molecule has 1 unspecified atom stereocenters. The quantitative estimate of drug-likeness (QED) is 0.0262. The number of carbonyl (C=O) groups is 3. The molecule has 0 fully saturated rings. The molecule has 0 aromatic heterocycles. The summed E-state index contributed by atoms with van der Waals surface area (Å²) in [5, 5.41) is 0. The van der Waals surface area contributed by atoms with Gasteiger partial charge >= 0.3 is 17.9 Å². The Morgan fingerprint density at radius 2 is 0.567 bits per heavy atom. The van der Waals surface area contributed by atoms with Crippen LogP contribution in [0.3, 0.4) is 0 Å². The Kier molecular flexibility index (Phi) is 53.8. The van der Waals surface area contributed by atoms with Crippen molar-refractivity contribution in [1.82, 2.24) is 0 Å². The molecule has 0 aromatic rings. The molecule has 0 heterocycles. The summed E-state index contributed by atoms with van der Waals surface area (Å²) in [6.07, 6.45) is 68.3. The number of hydrogen-bond donors (Lipinski definition) is 0. The predicted octanol–water partition coefficient (Wildman–Crippen LogP) is 19.4. The van der Waals surface area contributed by atoms with Crippen molar-refractivity contribution >= 4 is 17.9 Å². The lowest BCUT2D eigenvalue weighted by molar-refractivity contribution is -0.167. The van der Waals surface area contributed by atoms with E-state index in [0.29, 0.717) is 19.3 Å². The van der Waals surface area contributed by atoms with Crippen molar-refractivity contribution in [3.8, 4) is 0 Å². The molecule has 0 amide bonds. The van der Waals surface area contributed by atoms with Crippen LogP contribution in [0.25, 0.3) is 0 Å². The second-order valence-corrected chi connectivity index (χ2v) is 19.6. The number of unbranched alkanes of at least 4 members (excludes halogenated alkanes) is 34. The summed E-state index contributed by atoms with van der Waals surface area (Å²) in [6, 6.07) is 0. The van der Waals surface area contributed by atoms with E-state index in [4.69, 9.17) is 14.2 Å². The van der Waals surface area contributed by atoms with Gasteiger partial charge in [-0.2, -0.15) is 0 Å². The molecule has 0 N–H and O–H groups in total. The fourth-order valence-electron chi connectivity index (χ4n) is 8.39. The van der Waals surface area contributed by atoms with Crippen LogP contribution >= 0.6 is 0 Å². The van der Waals surface area contributed by atoms with Crippen LogP contribution < -0.4 is 0 Å². The summed E-state index contributed by atoms with van der Waals surface area (Å²) in [4.78, 5) is 38.0. The van der Waals surface area contributed by atoms with Gasteiger partial charge in [-0.05, 0) is 77.0 Å². The van der Waals surface area contributed by atoms with Gasteiger partial charge in [0.15, 0.2) is 6.10 Å². The number of allylic oxidation sites excluding steroid dienone is 8. The highest BCUT2D eigenvalue weighted by atomic mass is 16.6. The van der Waals surface area contributed by atoms with E-state index in [1.54, 1.807) is 0 Å². The monoisotopic (exact) mass is 939 g/mol. The Morgan fingerprint density at radius 3 is 0.910 bits per heavy atom. The maximum atomic E-state index is 12.8. The van der Waals surface area contributed by atoms with Crippen LogP contribution in [0.15, 0.2) is 48.6 Å². The van der Waals surface area contributed by atoms with Gasteiger partial charge in [0, 0.05) is 19.3 Å². The van der Waals surface area contributed by atoms with Crippen LogP contribution in [0.2, 0.25) is 0 Å². The van der Waals surface area contributed by atoms with Crippen LogP contribution in [0.4, 0.5) is 0 Å². The zero-order valence-corrected chi connectivity index (χ0v) is 44.7. The molecule has 67 heavy (non-hydrogen) atoms. The fraction of sp³-hybridized carbons (Fsp3) is 0.820. The molecule has 0 aliphatic rings. The van der Waals surface area contributed by atoms with E-state index in [1.165, 1.54) is 180 Å². The highest BCUT2D eigenvalue weighted by Gasteiger charge is 2.19. The van der Waals surface area contributed by atoms with Crippen molar-refractivity contribution in [3.05, 3.63) is 48.6 Å². The topological polar surface area (TPSA) is 78.9 Å². The Balaban J connectivity index is 4.15. The first-order valence-corrected chi connectivity index (χ1v) is 29.1. The molecular formula is C61H110O6. The average molecular weight is 940 g/mol. The molecule has 0 saturated carbocycles. The van der Waals surface area contributed by atoms with Crippen LogP contribution in [0, 0.1) is 0 Å². The van der Waals surface area contributed by atoms with Gasteiger partial charge in [0.05, 0.1) is 0 Å². The lowest BCUT2D eigenvalue weighted by atomic mass is 10.0. The van der Waals surface area contributed by atoms with Crippen molar-refractivity contribution in [2.45, 2.75) is 309 Å². The van der Waals surface area contributed by atoms with E-state index in [0.717, 1.165) is 83.5 Å². The molecule has 0 saturated heterocycles. The molecule has 0 aliphatic carbocycles. The van der Waals surface area contributed by atoms with Gasteiger partial charge in [0.25, 0.3) is 0 Å². The van der Waals surface area contributed by atoms with E-state index in [1.807, 2.05) is 0 Å². The van der Waals surface area contributed by atoms with Gasteiger partial charge in [0.2, 0.25) is 0 Å². The molecule has 6 heteroatoms. The van der Waals surface area contributed by atoms with E-state index in [2.05, 4.69) is 69.4 Å². The normalized spacial score (nSPS) is 12.3. The Hall–Kier alpha value is -2.63. The minimum Gasteiger partial charge on any atom is -0.462 e. The first kappa shape index (κ1) is 64.4. The van der Waals surface area contributed by atoms with Crippen molar-refractivity contribution in [1.29, 1.82) is 0 Å². The lowest BCUT2D eigenvalue weighted by Gasteiger charge is -2.18. The number of rotatable bonds is 53. The molecule has 390 valence electrons. The van der Waals surface area contributed by atoms with Crippen molar-refractivity contribution in [2.75, 3.05) is 13.2 Å². The molecule has 0 radical (unpaired) electrons. The first-order chi connectivity index (χ1) is 33.0. The van der Waals surface area contributed by atoms with Crippen LogP contribution in [-0.2, 0) is 28.6 Å². The number of esters is 3. The highest BCUT2D eigenvalue weighted by molar-refractivity contribution is 5.71. The van der Waals surface area contributed by atoms with Gasteiger partial charge < -0.3 is 14.2 Å². The third kappa shape index (κ3) is 54.2. The van der Waals surface area contributed by atoms with E-state index < -0.39 is 6.10 Å². The molecule has 0 aromatic carbocycles.